The highest BCUT2D eigenvalue weighted by atomic mass is 32.2. The van der Waals surface area contributed by atoms with Crippen LogP contribution in [0.1, 0.15) is 12.5 Å². The molecule has 2 rings (SSSR count). The fraction of sp³-hybridized carbons (Fsp3) is 0.316. The number of carbonyl (C=O) groups excluding carboxylic acids is 1. The Morgan fingerprint density at radius 1 is 1.07 bits per heavy atom. The Bertz CT molecular complexity index is 841. The number of thioether (sulfide) groups is 1. The summed E-state index contributed by atoms with van der Waals surface area (Å²) in [5.41, 5.74) is 0.767. The molecular weight excluding hydrogens is 384 g/mol. The first kappa shape index (κ1) is 21.4. The van der Waals surface area contributed by atoms with Crippen molar-refractivity contribution in [2.24, 2.45) is 0 Å². The van der Waals surface area contributed by atoms with E-state index in [1.807, 2.05) is 0 Å². The average Bonchev–Trinajstić information content (AvgIpc) is 2.71. The number of nitro benzene ring substituents is 1. The Kier molecular flexibility index (Phi) is 7.51. The number of nitrogens with zero attached hydrogens (tertiary/aromatic N) is 1. The van der Waals surface area contributed by atoms with Gasteiger partial charge in [-0.15, -0.1) is 11.8 Å². The average molecular weight is 406 g/mol. The number of amides is 1. The summed E-state index contributed by atoms with van der Waals surface area (Å²) in [6, 6.07) is 9.55. The van der Waals surface area contributed by atoms with E-state index in [0.717, 1.165) is 10.5 Å². The molecule has 9 heteroatoms. The Balaban J connectivity index is 2.01. The van der Waals surface area contributed by atoms with E-state index in [-0.39, 0.29) is 23.4 Å². The standard InChI is InChI=1S/C19H22N2O6S/c1-12(28-15-7-5-14(6-8-15)21(23)24)19(22)20-11-13-9-17(26-3)18(27-4)10-16(13)25-2/h5-10,12H,11H2,1-4H3,(H,20,22)/t12-/m1/s1. The predicted octanol–water partition coefficient (Wildman–Crippen LogP) is 3.42. The van der Waals surface area contributed by atoms with Crippen LogP contribution in [0.15, 0.2) is 41.3 Å². The molecule has 0 unspecified atom stereocenters. The molecule has 1 N–H and O–H groups in total. The van der Waals surface area contributed by atoms with Gasteiger partial charge in [0.15, 0.2) is 11.5 Å². The van der Waals surface area contributed by atoms with Gasteiger partial charge in [-0.1, -0.05) is 0 Å². The number of hydrogen-bond acceptors (Lipinski definition) is 7. The molecule has 0 spiro atoms. The summed E-state index contributed by atoms with van der Waals surface area (Å²) in [5, 5.41) is 13.2. The van der Waals surface area contributed by atoms with Crippen LogP contribution in [-0.4, -0.2) is 37.4 Å². The van der Waals surface area contributed by atoms with Crippen LogP contribution in [0.5, 0.6) is 17.2 Å². The van der Waals surface area contributed by atoms with E-state index in [1.54, 1.807) is 38.3 Å². The van der Waals surface area contributed by atoms with E-state index < -0.39 is 4.92 Å². The lowest BCUT2D eigenvalue weighted by atomic mass is 10.1. The Morgan fingerprint density at radius 3 is 2.18 bits per heavy atom. The fourth-order valence-corrected chi connectivity index (χ4v) is 3.35. The van der Waals surface area contributed by atoms with Crippen molar-refractivity contribution in [1.29, 1.82) is 0 Å². The number of hydrogen-bond donors (Lipinski definition) is 1. The van der Waals surface area contributed by atoms with Crippen LogP contribution in [0.3, 0.4) is 0 Å². The number of ether oxygens (including phenoxy) is 3. The SMILES string of the molecule is COc1cc(OC)c(OC)cc1CNC(=O)[C@@H](C)Sc1ccc([N+](=O)[O-])cc1. The van der Waals surface area contributed by atoms with E-state index in [2.05, 4.69) is 5.32 Å². The van der Waals surface area contributed by atoms with E-state index >= 15 is 0 Å². The van der Waals surface area contributed by atoms with Crippen LogP contribution in [0.2, 0.25) is 0 Å². The maximum absolute atomic E-state index is 12.4. The van der Waals surface area contributed by atoms with Crippen LogP contribution in [0, 0.1) is 10.1 Å². The molecule has 0 bridgehead atoms. The molecule has 0 aliphatic carbocycles. The molecule has 0 aromatic heterocycles. The second-order valence-electron chi connectivity index (χ2n) is 5.75. The van der Waals surface area contributed by atoms with Gasteiger partial charge in [0.2, 0.25) is 5.91 Å². The molecule has 28 heavy (non-hydrogen) atoms. The van der Waals surface area contributed by atoms with Gasteiger partial charge in [-0.3, -0.25) is 14.9 Å². The molecule has 0 aliphatic heterocycles. The second kappa shape index (κ2) is 9.84. The molecule has 2 aromatic carbocycles. The molecular formula is C19H22N2O6S. The van der Waals surface area contributed by atoms with Crippen molar-refractivity contribution < 1.29 is 23.9 Å². The summed E-state index contributed by atoms with van der Waals surface area (Å²) in [4.78, 5) is 23.5. The van der Waals surface area contributed by atoms with Crippen molar-refractivity contribution in [1.82, 2.24) is 5.32 Å². The highest BCUT2D eigenvalue weighted by Gasteiger charge is 2.17. The summed E-state index contributed by atoms with van der Waals surface area (Å²) >= 11 is 1.32. The minimum absolute atomic E-state index is 0.0157. The zero-order chi connectivity index (χ0) is 20.7. The van der Waals surface area contributed by atoms with E-state index in [4.69, 9.17) is 14.2 Å². The molecule has 0 saturated carbocycles. The van der Waals surface area contributed by atoms with Gasteiger partial charge in [0, 0.05) is 35.2 Å². The summed E-state index contributed by atoms with van der Waals surface area (Å²) in [7, 11) is 4.62. The number of rotatable bonds is 9. The van der Waals surface area contributed by atoms with Crippen molar-refractivity contribution >= 4 is 23.4 Å². The number of non-ortho nitro benzene ring substituents is 1. The van der Waals surface area contributed by atoms with Gasteiger partial charge in [0.05, 0.1) is 31.5 Å². The first-order chi connectivity index (χ1) is 13.4. The van der Waals surface area contributed by atoms with Gasteiger partial charge in [0.25, 0.3) is 5.69 Å². The summed E-state index contributed by atoms with van der Waals surface area (Å²) in [6.45, 7) is 2.03. The van der Waals surface area contributed by atoms with Crippen molar-refractivity contribution in [3.8, 4) is 17.2 Å². The van der Waals surface area contributed by atoms with Gasteiger partial charge in [-0.25, -0.2) is 0 Å². The fourth-order valence-electron chi connectivity index (χ4n) is 2.46. The van der Waals surface area contributed by atoms with Crippen molar-refractivity contribution in [2.75, 3.05) is 21.3 Å². The lowest BCUT2D eigenvalue weighted by Crippen LogP contribution is -2.30. The van der Waals surface area contributed by atoms with E-state index in [9.17, 15) is 14.9 Å². The van der Waals surface area contributed by atoms with Crippen LogP contribution in [-0.2, 0) is 11.3 Å². The monoisotopic (exact) mass is 406 g/mol. The van der Waals surface area contributed by atoms with Crippen LogP contribution < -0.4 is 19.5 Å². The maximum atomic E-state index is 12.4. The van der Waals surface area contributed by atoms with E-state index in [0.29, 0.717) is 17.2 Å². The summed E-state index contributed by atoms with van der Waals surface area (Å²) < 4.78 is 15.9. The highest BCUT2D eigenvalue weighted by molar-refractivity contribution is 8.00. The van der Waals surface area contributed by atoms with Gasteiger partial charge >= 0.3 is 0 Å². The first-order valence-corrected chi connectivity index (χ1v) is 9.25. The molecule has 1 amide bonds. The Morgan fingerprint density at radius 2 is 1.64 bits per heavy atom. The van der Waals surface area contributed by atoms with Gasteiger partial charge in [-0.2, -0.15) is 0 Å². The molecule has 1 atom stereocenters. The van der Waals surface area contributed by atoms with Gasteiger partial charge in [0.1, 0.15) is 5.75 Å². The Hall–Kier alpha value is -2.94. The molecule has 0 saturated heterocycles. The van der Waals surface area contributed by atoms with Crippen molar-refractivity contribution in [3.05, 3.63) is 52.1 Å². The third-order valence-electron chi connectivity index (χ3n) is 3.97. The van der Waals surface area contributed by atoms with Crippen LogP contribution >= 0.6 is 11.8 Å². The molecule has 0 radical (unpaired) electrons. The maximum Gasteiger partial charge on any atom is 0.269 e. The number of carbonyl (C=O) groups is 1. The predicted molar refractivity (Wildman–Crippen MR) is 106 cm³/mol. The zero-order valence-corrected chi connectivity index (χ0v) is 16.9. The zero-order valence-electron chi connectivity index (χ0n) is 16.1. The number of nitro groups is 1. The minimum Gasteiger partial charge on any atom is -0.496 e. The van der Waals surface area contributed by atoms with Crippen LogP contribution in [0.4, 0.5) is 5.69 Å². The van der Waals surface area contributed by atoms with Gasteiger partial charge < -0.3 is 19.5 Å². The van der Waals surface area contributed by atoms with Gasteiger partial charge in [-0.05, 0) is 25.1 Å². The smallest absolute Gasteiger partial charge is 0.269 e. The van der Waals surface area contributed by atoms with Crippen LogP contribution in [0.25, 0.3) is 0 Å². The minimum atomic E-state index is -0.457. The van der Waals surface area contributed by atoms with E-state index in [1.165, 1.54) is 38.1 Å². The highest BCUT2D eigenvalue weighted by Crippen LogP contribution is 2.34. The third-order valence-corrected chi connectivity index (χ3v) is 5.08. The molecule has 0 heterocycles. The lowest BCUT2D eigenvalue weighted by Gasteiger charge is -2.16. The normalized spacial score (nSPS) is 11.4. The molecule has 0 fully saturated rings. The number of methoxy groups -OCH3 is 3. The quantitative estimate of drug-likeness (QED) is 0.387. The van der Waals surface area contributed by atoms with Crippen molar-refractivity contribution in [3.63, 3.8) is 0 Å². The Labute approximate surface area is 167 Å². The summed E-state index contributed by atoms with van der Waals surface area (Å²) in [5.74, 6) is 1.49. The first-order valence-electron chi connectivity index (χ1n) is 8.37. The summed E-state index contributed by atoms with van der Waals surface area (Å²) in [6.07, 6.45) is 0. The topological polar surface area (TPSA) is 99.9 Å². The van der Waals surface area contributed by atoms with Crippen molar-refractivity contribution in [2.45, 2.75) is 23.6 Å². The third kappa shape index (κ3) is 5.29. The lowest BCUT2D eigenvalue weighted by molar-refractivity contribution is -0.384. The number of benzene rings is 2. The molecule has 2 aromatic rings. The largest absolute Gasteiger partial charge is 0.496 e. The molecule has 0 aliphatic rings. The molecule has 8 nitrogen and oxygen atoms in total. The second-order valence-corrected chi connectivity index (χ2v) is 7.16. The molecule has 150 valence electrons. The number of nitrogens with one attached hydrogen (secondary N) is 1.